The Balaban J connectivity index is 1.64. The van der Waals surface area contributed by atoms with Crippen LogP contribution in [0.3, 0.4) is 0 Å². The molecule has 0 aliphatic rings. The predicted molar refractivity (Wildman–Crippen MR) is 105 cm³/mol. The maximum Gasteiger partial charge on any atom is 0.319 e. The maximum absolute atomic E-state index is 11.8. The molecule has 2 aromatic carbocycles. The zero-order valence-corrected chi connectivity index (χ0v) is 15.7. The standard InChI is InChI=1S/C21H28N2O3/c1-4-16(2)18-10-12-20(13-11-18)26-17(3)25-15-14-22-21(24)23-19-8-6-5-7-9-19/h5-13,16-17H,4,14-15H2,1-3H3,(H2,22,23,24). The van der Waals surface area contributed by atoms with E-state index in [2.05, 4.69) is 36.6 Å². The Morgan fingerprint density at radius 1 is 1.04 bits per heavy atom. The van der Waals surface area contributed by atoms with Gasteiger partial charge in [0.1, 0.15) is 5.75 Å². The number of ether oxygens (including phenoxy) is 2. The average Bonchev–Trinajstić information content (AvgIpc) is 2.66. The molecule has 0 aliphatic carbocycles. The molecule has 0 radical (unpaired) electrons. The van der Waals surface area contributed by atoms with Crippen molar-refractivity contribution in [3.63, 3.8) is 0 Å². The van der Waals surface area contributed by atoms with Gasteiger partial charge in [0.15, 0.2) is 6.29 Å². The van der Waals surface area contributed by atoms with Crippen molar-refractivity contribution in [3.05, 3.63) is 60.2 Å². The second-order valence-electron chi connectivity index (χ2n) is 6.18. The summed E-state index contributed by atoms with van der Waals surface area (Å²) in [6.07, 6.45) is 0.730. The Morgan fingerprint density at radius 2 is 1.73 bits per heavy atom. The van der Waals surface area contributed by atoms with E-state index in [0.717, 1.165) is 17.9 Å². The van der Waals surface area contributed by atoms with Gasteiger partial charge in [-0.15, -0.1) is 0 Å². The first kappa shape index (κ1) is 19.8. The highest BCUT2D eigenvalue weighted by atomic mass is 16.7. The van der Waals surface area contributed by atoms with E-state index in [1.807, 2.05) is 49.4 Å². The van der Waals surface area contributed by atoms with E-state index in [0.29, 0.717) is 19.1 Å². The van der Waals surface area contributed by atoms with Gasteiger partial charge in [-0.2, -0.15) is 0 Å². The van der Waals surface area contributed by atoms with E-state index >= 15 is 0 Å². The summed E-state index contributed by atoms with van der Waals surface area (Å²) in [4.78, 5) is 11.8. The predicted octanol–water partition coefficient (Wildman–Crippen LogP) is 4.76. The quantitative estimate of drug-likeness (QED) is 0.503. The molecular weight excluding hydrogens is 328 g/mol. The van der Waals surface area contributed by atoms with Crippen molar-refractivity contribution in [2.24, 2.45) is 0 Å². The number of amides is 2. The molecule has 0 aromatic heterocycles. The minimum atomic E-state index is -0.386. The molecule has 2 atom stereocenters. The fourth-order valence-corrected chi connectivity index (χ4v) is 2.42. The molecule has 140 valence electrons. The van der Waals surface area contributed by atoms with Gasteiger partial charge in [-0.05, 0) is 49.1 Å². The summed E-state index contributed by atoms with van der Waals surface area (Å²) >= 11 is 0. The van der Waals surface area contributed by atoms with Gasteiger partial charge in [-0.25, -0.2) is 4.79 Å². The number of urea groups is 1. The Labute approximate surface area is 155 Å². The number of rotatable bonds is 9. The van der Waals surface area contributed by atoms with E-state index in [1.165, 1.54) is 5.56 Å². The summed E-state index contributed by atoms with van der Waals surface area (Å²) in [5.41, 5.74) is 2.06. The average molecular weight is 356 g/mol. The third-order valence-corrected chi connectivity index (χ3v) is 4.14. The van der Waals surface area contributed by atoms with E-state index in [-0.39, 0.29) is 12.3 Å². The van der Waals surface area contributed by atoms with Crippen LogP contribution in [0, 0.1) is 0 Å². The molecule has 0 bridgehead atoms. The van der Waals surface area contributed by atoms with Crippen LogP contribution in [0.4, 0.5) is 10.5 Å². The summed E-state index contributed by atoms with van der Waals surface area (Å²) < 4.78 is 11.3. The number of nitrogens with one attached hydrogen (secondary N) is 2. The van der Waals surface area contributed by atoms with Gasteiger partial charge in [0, 0.05) is 12.2 Å². The molecule has 2 aromatic rings. The molecular formula is C21H28N2O3. The van der Waals surface area contributed by atoms with Gasteiger partial charge in [-0.1, -0.05) is 44.2 Å². The smallest absolute Gasteiger partial charge is 0.319 e. The Hall–Kier alpha value is -2.53. The number of para-hydroxylation sites is 1. The molecule has 0 aliphatic heterocycles. The Morgan fingerprint density at radius 3 is 2.38 bits per heavy atom. The molecule has 5 heteroatoms. The van der Waals surface area contributed by atoms with Crippen LogP contribution in [-0.2, 0) is 4.74 Å². The van der Waals surface area contributed by atoms with Crippen LogP contribution in [-0.4, -0.2) is 25.5 Å². The minimum absolute atomic E-state index is 0.256. The zero-order valence-electron chi connectivity index (χ0n) is 15.7. The SMILES string of the molecule is CCC(C)c1ccc(OC(C)OCCNC(=O)Nc2ccccc2)cc1. The largest absolute Gasteiger partial charge is 0.465 e. The monoisotopic (exact) mass is 356 g/mol. The van der Waals surface area contributed by atoms with Gasteiger partial charge in [0.25, 0.3) is 0 Å². The topological polar surface area (TPSA) is 59.6 Å². The van der Waals surface area contributed by atoms with Crippen LogP contribution >= 0.6 is 0 Å². The van der Waals surface area contributed by atoms with Crippen LogP contribution < -0.4 is 15.4 Å². The number of hydrogen-bond acceptors (Lipinski definition) is 3. The lowest BCUT2D eigenvalue weighted by Crippen LogP contribution is -2.32. The highest BCUT2D eigenvalue weighted by Crippen LogP contribution is 2.22. The van der Waals surface area contributed by atoms with Crippen molar-refractivity contribution in [1.82, 2.24) is 5.32 Å². The van der Waals surface area contributed by atoms with E-state index in [4.69, 9.17) is 9.47 Å². The van der Waals surface area contributed by atoms with Gasteiger partial charge < -0.3 is 20.1 Å². The molecule has 2 N–H and O–H groups in total. The first-order valence-corrected chi connectivity index (χ1v) is 9.06. The lowest BCUT2D eigenvalue weighted by atomic mass is 9.99. The lowest BCUT2D eigenvalue weighted by Gasteiger charge is -2.16. The van der Waals surface area contributed by atoms with E-state index in [1.54, 1.807) is 0 Å². The van der Waals surface area contributed by atoms with E-state index < -0.39 is 0 Å². The summed E-state index contributed by atoms with van der Waals surface area (Å²) in [7, 11) is 0. The summed E-state index contributed by atoms with van der Waals surface area (Å²) in [5.74, 6) is 1.32. The van der Waals surface area contributed by atoms with Gasteiger partial charge in [-0.3, -0.25) is 0 Å². The van der Waals surface area contributed by atoms with Crippen molar-refractivity contribution in [1.29, 1.82) is 0 Å². The molecule has 26 heavy (non-hydrogen) atoms. The van der Waals surface area contributed by atoms with Crippen molar-refractivity contribution < 1.29 is 14.3 Å². The molecule has 2 amide bonds. The Kier molecular flexibility index (Phi) is 7.96. The third-order valence-electron chi connectivity index (χ3n) is 4.14. The molecule has 2 rings (SSSR count). The summed E-state index contributed by atoms with van der Waals surface area (Å²) in [5, 5.41) is 5.50. The highest BCUT2D eigenvalue weighted by Gasteiger charge is 2.07. The van der Waals surface area contributed by atoms with Crippen LogP contribution in [0.15, 0.2) is 54.6 Å². The van der Waals surface area contributed by atoms with Gasteiger partial charge in [0.05, 0.1) is 6.61 Å². The zero-order chi connectivity index (χ0) is 18.8. The van der Waals surface area contributed by atoms with Crippen LogP contribution in [0.1, 0.15) is 38.7 Å². The maximum atomic E-state index is 11.8. The number of benzene rings is 2. The van der Waals surface area contributed by atoms with Crippen molar-refractivity contribution in [2.75, 3.05) is 18.5 Å². The van der Waals surface area contributed by atoms with Crippen molar-refractivity contribution in [2.45, 2.75) is 39.4 Å². The fraction of sp³-hybridized carbons (Fsp3) is 0.381. The first-order chi connectivity index (χ1) is 12.6. The minimum Gasteiger partial charge on any atom is -0.465 e. The molecule has 0 saturated heterocycles. The molecule has 0 fully saturated rings. The molecule has 0 heterocycles. The normalized spacial score (nSPS) is 12.9. The second-order valence-corrected chi connectivity index (χ2v) is 6.18. The van der Waals surface area contributed by atoms with Gasteiger partial charge >= 0.3 is 6.03 Å². The van der Waals surface area contributed by atoms with Crippen LogP contribution in [0.2, 0.25) is 0 Å². The van der Waals surface area contributed by atoms with E-state index in [9.17, 15) is 4.79 Å². The molecule has 0 spiro atoms. The number of anilines is 1. The third kappa shape index (κ3) is 6.76. The summed E-state index contributed by atoms with van der Waals surface area (Å²) in [6.45, 7) is 7.00. The Bertz CT molecular complexity index is 659. The number of carbonyl (C=O) groups is 1. The highest BCUT2D eigenvalue weighted by molar-refractivity contribution is 5.89. The fourth-order valence-electron chi connectivity index (χ4n) is 2.42. The van der Waals surface area contributed by atoms with Crippen LogP contribution in [0.5, 0.6) is 5.75 Å². The summed E-state index contributed by atoms with van der Waals surface area (Å²) in [6, 6.07) is 17.2. The molecule has 2 unspecified atom stereocenters. The van der Waals surface area contributed by atoms with Gasteiger partial charge in [0.2, 0.25) is 0 Å². The van der Waals surface area contributed by atoms with Crippen molar-refractivity contribution >= 4 is 11.7 Å². The molecule has 5 nitrogen and oxygen atoms in total. The van der Waals surface area contributed by atoms with Crippen LogP contribution in [0.25, 0.3) is 0 Å². The lowest BCUT2D eigenvalue weighted by molar-refractivity contribution is -0.0644. The first-order valence-electron chi connectivity index (χ1n) is 9.06. The second kappa shape index (κ2) is 10.5. The number of carbonyl (C=O) groups excluding carboxylic acids is 1. The van der Waals surface area contributed by atoms with Crippen molar-refractivity contribution in [3.8, 4) is 5.75 Å². The number of hydrogen-bond donors (Lipinski definition) is 2. The molecule has 0 saturated carbocycles.